The lowest BCUT2D eigenvalue weighted by atomic mass is 10.1. The minimum Gasteiger partial charge on any atom is -0.322 e. The lowest BCUT2D eigenvalue weighted by Gasteiger charge is -2.08. The number of carbonyl (C=O) groups excluding carboxylic acids is 2. The maximum atomic E-state index is 12.4. The first-order chi connectivity index (χ1) is 12.5. The van der Waals surface area contributed by atoms with Crippen LogP contribution in [-0.4, -0.2) is 21.8 Å². The Morgan fingerprint density at radius 1 is 0.731 bits per heavy atom. The number of benzene rings is 2. The Hall–Kier alpha value is -3.54. The summed E-state index contributed by atoms with van der Waals surface area (Å²) < 4.78 is 0. The number of hydrogen-bond acceptors (Lipinski definition) is 4. The van der Waals surface area contributed by atoms with Crippen molar-refractivity contribution in [2.75, 3.05) is 10.6 Å². The molecule has 0 bridgehead atoms. The maximum absolute atomic E-state index is 12.4. The summed E-state index contributed by atoms with van der Waals surface area (Å²) in [6, 6.07) is 17.4. The third-order valence-corrected chi connectivity index (χ3v) is 3.63. The molecule has 0 unspecified atom stereocenters. The van der Waals surface area contributed by atoms with Crippen LogP contribution in [0.4, 0.5) is 11.6 Å². The van der Waals surface area contributed by atoms with Gasteiger partial charge < -0.3 is 5.32 Å². The van der Waals surface area contributed by atoms with Crippen molar-refractivity contribution >= 4 is 23.5 Å². The minimum absolute atomic E-state index is 0.235. The van der Waals surface area contributed by atoms with Gasteiger partial charge in [0.25, 0.3) is 11.8 Å². The summed E-state index contributed by atoms with van der Waals surface area (Å²) in [6.45, 7) is 3.67. The van der Waals surface area contributed by atoms with Crippen molar-refractivity contribution < 1.29 is 9.59 Å². The lowest BCUT2D eigenvalue weighted by Crippen LogP contribution is -2.16. The van der Waals surface area contributed by atoms with Gasteiger partial charge in [0, 0.05) is 28.2 Å². The number of carbonyl (C=O) groups is 2. The van der Waals surface area contributed by atoms with E-state index in [1.807, 2.05) is 26.0 Å². The van der Waals surface area contributed by atoms with E-state index in [1.165, 1.54) is 0 Å². The van der Waals surface area contributed by atoms with E-state index in [1.54, 1.807) is 48.5 Å². The van der Waals surface area contributed by atoms with Gasteiger partial charge in [0.2, 0.25) is 5.95 Å². The average Bonchev–Trinajstić information content (AvgIpc) is 2.62. The summed E-state index contributed by atoms with van der Waals surface area (Å²) in [5.74, 6) is -0.321. The molecule has 6 heteroatoms. The van der Waals surface area contributed by atoms with Crippen LogP contribution in [0.1, 0.15) is 32.1 Å². The van der Waals surface area contributed by atoms with E-state index in [-0.39, 0.29) is 17.8 Å². The zero-order chi connectivity index (χ0) is 18.5. The molecule has 1 aromatic heterocycles. The Balaban J connectivity index is 1.74. The predicted octanol–water partition coefficient (Wildman–Crippen LogP) is 3.60. The number of nitrogens with zero attached hydrogens (tertiary/aromatic N) is 2. The van der Waals surface area contributed by atoms with Crippen LogP contribution >= 0.6 is 0 Å². The van der Waals surface area contributed by atoms with Gasteiger partial charge in [-0.15, -0.1) is 0 Å². The number of amides is 2. The van der Waals surface area contributed by atoms with Crippen LogP contribution in [0.15, 0.2) is 60.7 Å². The van der Waals surface area contributed by atoms with Crippen LogP contribution in [0, 0.1) is 13.8 Å². The molecule has 0 fully saturated rings. The molecular weight excluding hydrogens is 328 g/mol. The Morgan fingerprint density at radius 3 is 2.04 bits per heavy atom. The fourth-order valence-electron chi connectivity index (χ4n) is 2.49. The van der Waals surface area contributed by atoms with Crippen molar-refractivity contribution in [1.82, 2.24) is 9.97 Å². The van der Waals surface area contributed by atoms with Gasteiger partial charge in [-0.25, -0.2) is 9.97 Å². The lowest BCUT2D eigenvalue weighted by molar-refractivity contribution is 0.101. The third kappa shape index (κ3) is 4.30. The highest BCUT2D eigenvalue weighted by molar-refractivity contribution is 6.06. The van der Waals surface area contributed by atoms with Crippen LogP contribution in [0.5, 0.6) is 0 Å². The monoisotopic (exact) mass is 346 g/mol. The van der Waals surface area contributed by atoms with Crippen molar-refractivity contribution in [2.24, 2.45) is 0 Å². The molecule has 0 radical (unpaired) electrons. The van der Waals surface area contributed by atoms with E-state index in [0.29, 0.717) is 16.8 Å². The SMILES string of the molecule is Cc1cc(C)nc(NC(=O)c2cccc(NC(=O)c3ccccc3)c2)n1. The quantitative estimate of drug-likeness (QED) is 0.756. The summed E-state index contributed by atoms with van der Waals surface area (Å²) in [6.07, 6.45) is 0. The molecule has 130 valence electrons. The van der Waals surface area contributed by atoms with Crippen LogP contribution < -0.4 is 10.6 Å². The second kappa shape index (κ2) is 7.57. The highest BCUT2D eigenvalue weighted by Gasteiger charge is 2.11. The molecule has 0 aliphatic carbocycles. The van der Waals surface area contributed by atoms with E-state index in [0.717, 1.165) is 11.4 Å². The van der Waals surface area contributed by atoms with E-state index in [2.05, 4.69) is 20.6 Å². The van der Waals surface area contributed by atoms with E-state index >= 15 is 0 Å². The first kappa shape index (κ1) is 17.3. The molecule has 0 spiro atoms. The molecule has 0 atom stereocenters. The van der Waals surface area contributed by atoms with Crippen molar-refractivity contribution in [3.63, 3.8) is 0 Å². The molecule has 3 rings (SSSR count). The maximum Gasteiger partial charge on any atom is 0.258 e. The van der Waals surface area contributed by atoms with Crippen molar-refractivity contribution in [3.05, 3.63) is 83.2 Å². The van der Waals surface area contributed by atoms with Gasteiger partial charge in [-0.1, -0.05) is 24.3 Å². The number of aromatic nitrogens is 2. The molecule has 6 nitrogen and oxygen atoms in total. The molecule has 26 heavy (non-hydrogen) atoms. The van der Waals surface area contributed by atoms with Crippen LogP contribution in [0.2, 0.25) is 0 Å². The smallest absolute Gasteiger partial charge is 0.258 e. The van der Waals surface area contributed by atoms with Crippen molar-refractivity contribution in [1.29, 1.82) is 0 Å². The molecule has 0 saturated heterocycles. The minimum atomic E-state index is -0.342. The molecule has 0 aliphatic rings. The Labute approximate surface area is 151 Å². The van der Waals surface area contributed by atoms with Crippen molar-refractivity contribution in [2.45, 2.75) is 13.8 Å². The average molecular weight is 346 g/mol. The van der Waals surface area contributed by atoms with Gasteiger partial charge in [0.15, 0.2) is 0 Å². The molecule has 0 saturated carbocycles. The zero-order valence-corrected chi connectivity index (χ0v) is 14.5. The number of aryl methyl sites for hydroxylation is 2. The fourth-order valence-corrected chi connectivity index (χ4v) is 2.49. The van der Waals surface area contributed by atoms with Gasteiger partial charge in [-0.2, -0.15) is 0 Å². The Kier molecular flexibility index (Phi) is 5.03. The second-order valence-corrected chi connectivity index (χ2v) is 5.83. The first-order valence-electron chi connectivity index (χ1n) is 8.11. The molecule has 2 N–H and O–H groups in total. The second-order valence-electron chi connectivity index (χ2n) is 5.83. The zero-order valence-electron chi connectivity index (χ0n) is 14.5. The summed E-state index contributed by atoms with van der Waals surface area (Å²) >= 11 is 0. The number of nitrogens with one attached hydrogen (secondary N) is 2. The van der Waals surface area contributed by atoms with E-state index in [9.17, 15) is 9.59 Å². The molecule has 1 heterocycles. The number of hydrogen-bond donors (Lipinski definition) is 2. The van der Waals surface area contributed by atoms with E-state index < -0.39 is 0 Å². The summed E-state index contributed by atoms with van der Waals surface area (Å²) in [5.41, 5.74) is 3.03. The topological polar surface area (TPSA) is 84.0 Å². The Morgan fingerprint density at radius 2 is 1.35 bits per heavy atom. The summed E-state index contributed by atoms with van der Waals surface area (Å²) in [4.78, 5) is 33.1. The normalized spacial score (nSPS) is 10.2. The van der Waals surface area contributed by atoms with Crippen molar-refractivity contribution in [3.8, 4) is 0 Å². The molecule has 2 amide bonds. The molecule has 3 aromatic rings. The summed E-state index contributed by atoms with van der Waals surface area (Å²) in [5, 5.41) is 5.46. The predicted molar refractivity (Wildman–Crippen MR) is 100 cm³/mol. The van der Waals surface area contributed by atoms with Crippen LogP contribution in [0.3, 0.4) is 0 Å². The largest absolute Gasteiger partial charge is 0.322 e. The molecule has 2 aromatic carbocycles. The van der Waals surface area contributed by atoms with Crippen LogP contribution in [-0.2, 0) is 0 Å². The summed E-state index contributed by atoms with van der Waals surface area (Å²) in [7, 11) is 0. The van der Waals surface area contributed by atoms with E-state index in [4.69, 9.17) is 0 Å². The van der Waals surface area contributed by atoms with Gasteiger partial charge in [0.1, 0.15) is 0 Å². The number of anilines is 2. The van der Waals surface area contributed by atoms with Gasteiger partial charge in [-0.05, 0) is 50.2 Å². The van der Waals surface area contributed by atoms with Gasteiger partial charge >= 0.3 is 0 Å². The fraction of sp³-hybridized carbons (Fsp3) is 0.100. The highest BCUT2D eigenvalue weighted by atomic mass is 16.2. The third-order valence-electron chi connectivity index (χ3n) is 3.63. The number of rotatable bonds is 4. The van der Waals surface area contributed by atoms with Gasteiger partial charge in [0.05, 0.1) is 0 Å². The molecule has 0 aliphatic heterocycles. The highest BCUT2D eigenvalue weighted by Crippen LogP contribution is 2.14. The van der Waals surface area contributed by atoms with Crippen LogP contribution in [0.25, 0.3) is 0 Å². The standard InChI is InChI=1S/C20H18N4O2/c1-13-11-14(2)22-20(21-13)24-19(26)16-9-6-10-17(12-16)23-18(25)15-7-4-3-5-8-15/h3-12H,1-2H3,(H,23,25)(H,21,22,24,26). The first-order valence-corrected chi connectivity index (χ1v) is 8.11. The van der Waals surface area contributed by atoms with Gasteiger partial charge in [-0.3, -0.25) is 14.9 Å². The molecular formula is C20H18N4O2. The Bertz CT molecular complexity index is 935.